The predicted molar refractivity (Wildman–Crippen MR) is 87.9 cm³/mol. The number of carboxylic acid groups (broad SMARTS) is 1. The first kappa shape index (κ1) is 18.0. The second-order valence-corrected chi connectivity index (χ2v) is 6.52. The molecule has 1 amide bonds. The van der Waals surface area contributed by atoms with Crippen LogP contribution in [0, 0.1) is 6.92 Å². The van der Waals surface area contributed by atoms with Gasteiger partial charge in [-0.1, -0.05) is 0 Å². The van der Waals surface area contributed by atoms with Crippen molar-refractivity contribution in [2.75, 3.05) is 13.7 Å². The number of rotatable bonds is 7. The largest absolute Gasteiger partial charge is 0.481 e. The standard InChI is InChI=1S/C15H18N4O4S/c1-9-11(24-14(18-9)12-16-5-4-6-17-12)13(22)19-15(2,8-23-3)7-10(20)21/h4-6H,7-8H2,1-3H3,(H,19,22)(H,20,21). The van der Waals surface area contributed by atoms with E-state index in [1.807, 2.05) is 0 Å². The highest BCUT2D eigenvalue weighted by Crippen LogP contribution is 2.25. The van der Waals surface area contributed by atoms with Crippen molar-refractivity contribution < 1.29 is 19.4 Å². The fraction of sp³-hybridized carbons (Fsp3) is 0.400. The molecule has 24 heavy (non-hydrogen) atoms. The molecule has 9 heteroatoms. The topological polar surface area (TPSA) is 114 Å². The van der Waals surface area contributed by atoms with Crippen LogP contribution in [0.1, 0.15) is 28.7 Å². The van der Waals surface area contributed by atoms with Gasteiger partial charge < -0.3 is 15.2 Å². The third kappa shape index (κ3) is 4.33. The van der Waals surface area contributed by atoms with Gasteiger partial charge >= 0.3 is 5.97 Å². The zero-order valence-corrected chi connectivity index (χ0v) is 14.4. The van der Waals surface area contributed by atoms with E-state index in [0.29, 0.717) is 21.4 Å². The maximum atomic E-state index is 12.6. The molecule has 1 unspecified atom stereocenters. The van der Waals surface area contributed by atoms with Gasteiger partial charge in [0.15, 0.2) is 10.8 Å². The zero-order valence-electron chi connectivity index (χ0n) is 13.6. The lowest BCUT2D eigenvalue weighted by Crippen LogP contribution is -2.50. The highest BCUT2D eigenvalue weighted by atomic mass is 32.1. The molecule has 2 N–H and O–H groups in total. The van der Waals surface area contributed by atoms with Crippen LogP contribution in [0.3, 0.4) is 0 Å². The molecule has 0 aliphatic heterocycles. The minimum Gasteiger partial charge on any atom is -0.481 e. The van der Waals surface area contributed by atoms with Gasteiger partial charge in [0.2, 0.25) is 0 Å². The van der Waals surface area contributed by atoms with Crippen LogP contribution in [0.2, 0.25) is 0 Å². The van der Waals surface area contributed by atoms with Crippen LogP contribution in [-0.2, 0) is 9.53 Å². The van der Waals surface area contributed by atoms with E-state index in [1.165, 1.54) is 7.11 Å². The van der Waals surface area contributed by atoms with Crippen molar-refractivity contribution in [1.29, 1.82) is 0 Å². The summed E-state index contributed by atoms with van der Waals surface area (Å²) < 4.78 is 5.04. The third-order valence-electron chi connectivity index (χ3n) is 3.18. The van der Waals surface area contributed by atoms with E-state index in [0.717, 1.165) is 11.3 Å². The van der Waals surface area contributed by atoms with Crippen molar-refractivity contribution in [1.82, 2.24) is 20.3 Å². The van der Waals surface area contributed by atoms with Crippen molar-refractivity contribution in [3.8, 4) is 10.8 Å². The number of hydrogen-bond donors (Lipinski definition) is 2. The van der Waals surface area contributed by atoms with Crippen molar-refractivity contribution in [2.45, 2.75) is 25.8 Å². The Morgan fingerprint density at radius 2 is 2.04 bits per heavy atom. The molecule has 0 aliphatic carbocycles. The van der Waals surface area contributed by atoms with E-state index in [-0.39, 0.29) is 13.0 Å². The summed E-state index contributed by atoms with van der Waals surface area (Å²) in [6, 6.07) is 1.69. The molecule has 1 atom stereocenters. The summed E-state index contributed by atoms with van der Waals surface area (Å²) in [5, 5.41) is 12.3. The lowest BCUT2D eigenvalue weighted by molar-refractivity contribution is -0.139. The Hall–Kier alpha value is -2.39. The number of carbonyl (C=O) groups is 2. The molecule has 2 aromatic heterocycles. The number of amides is 1. The normalized spacial score (nSPS) is 13.3. The van der Waals surface area contributed by atoms with Gasteiger partial charge in [0.05, 0.1) is 24.3 Å². The number of nitrogens with one attached hydrogen (secondary N) is 1. The average molecular weight is 350 g/mol. The highest BCUT2D eigenvalue weighted by molar-refractivity contribution is 7.17. The van der Waals surface area contributed by atoms with Crippen molar-refractivity contribution in [3.05, 3.63) is 29.0 Å². The molecule has 0 radical (unpaired) electrons. The molecule has 2 aromatic rings. The Kier molecular flexibility index (Phi) is 5.58. The Morgan fingerprint density at radius 1 is 1.38 bits per heavy atom. The lowest BCUT2D eigenvalue weighted by atomic mass is 9.99. The molecule has 0 aromatic carbocycles. The molecule has 0 bridgehead atoms. The molecule has 128 valence electrons. The van der Waals surface area contributed by atoms with E-state index in [9.17, 15) is 9.59 Å². The predicted octanol–water partition coefficient (Wildman–Crippen LogP) is 1.52. The zero-order chi connectivity index (χ0) is 17.7. The minimum atomic E-state index is -1.02. The van der Waals surface area contributed by atoms with Gasteiger partial charge in [-0.05, 0) is 19.9 Å². The summed E-state index contributed by atoms with van der Waals surface area (Å²) in [5.41, 5.74) is -0.479. The maximum Gasteiger partial charge on any atom is 0.305 e. The molecule has 2 heterocycles. The Labute approximate surface area is 142 Å². The van der Waals surface area contributed by atoms with Gasteiger partial charge in [-0.2, -0.15) is 0 Å². The van der Waals surface area contributed by atoms with Crippen LogP contribution >= 0.6 is 11.3 Å². The average Bonchev–Trinajstić information content (AvgIpc) is 2.89. The second-order valence-electron chi connectivity index (χ2n) is 5.52. The van der Waals surface area contributed by atoms with Crippen LogP contribution in [-0.4, -0.2) is 51.2 Å². The van der Waals surface area contributed by atoms with Crippen molar-refractivity contribution >= 4 is 23.2 Å². The molecular weight excluding hydrogens is 332 g/mol. The van der Waals surface area contributed by atoms with Crippen LogP contribution in [0.25, 0.3) is 10.8 Å². The second kappa shape index (κ2) is 7.45. The van der Waals surface area contributed by atoms with Crippen molar-refractivity contribution in [3.63, 3.8) is 0 Å². The Bertz CT molecular complexity index is 734. The molecule has 0 saturated heterocycles. The lowest BCUT2D eigenvalue weighted by Gasteiger charge is -2.28. The van der Waals surface area contributed by atoms with Crippen LogP contribution in [0.5, 0.6) is 0 Å². The van der Waals surface area contributed by atoms with Gasteiger partial charge in [0.1, 0.15) is 4.88 Å². The summed E-state index contributed by atoms with van der Waals surface area (Å²) in [6.45, 7) is 3.42. The van der Waals surface area contributed by atoms with Crippen molar-refractivity contribution in [2.24, 2.45) is 0 Å². The first-order chi connectivity index (χ1) is 11.3. The SMILES string of the molecule is COCC(C)(CC(=O)O)NC(=O)c1sc(-c2ncccn2)nc1C. The Morgan fingerprint density at radius 3 is 2.62 bits per heavy atom. The van der Waals surface area contributed by atoms with E-state index >= 15 is 0 Å². The number of ether oxygens (including phenoxy) is 1. The maximum absolute atomic E-state index is 12.6. The third-order valence-corrected chi connectivity index (χ3v) is 4.33. The van der Waals surface area contributed by atoms with E-state index < -0.39 is 17.4 Å². The molecule has 2 rings (SSSR count). The molecule has 8 nitrogen and oxygen atoms in total. The first-order valence-corrected chi connectivity index (χ1v) is 7.94. The number of hydrogen-bond acceptors (Lipinski definition) is 7. The highest BCUT2D eigenvalue weighted by Gasteiger charge is 2.31. The number of methoxy groups -OCH3 is 1. The number of carboxylic acids is 1. The number of aryl methyl sites for hydroxylation is 1. The summed E-state index contributed by atoms with van der Waals surface area (Å²) in [6.07, 6.45) is 2.95. The van der Waals surface area contributed by atoms with Crippen LogP contribution in [0.4, 0.5) is 0 Å². The number of thiazole rings is 1. The van der Waals surface area contributed by atoms with Gasteiger partial charge in [-0.25, -0.2) is 15.0 Å². The fourth-order valence-electron chi connectivity index (χ4n) is 2.23. The number of nitrogens with zero attached hydrogens (tertiary/aromatic N) is 3. The smallest absolute Gasteiger partial charge is 0.305 e. The summed E-state index contributed by atoms with van der Waals surface area (Å²) >= 11 is 1.16. The van der Waals surface area contributed by atoms with E-state index in [2.05, 4.69) is 20.3 Å². The van der Waals surface area contributed by atoms with E-state index in [1.54, 1.807) is 32.3 Å². The fourth-order valence-corrected chi connectivity index (χ4v) is 3.14. The van der Waals surface area contributed by atoms with Crippen LogP contribution in [0.15, 0.2) is 18.5 Å². The van der Waals surface area contributed by atoms with Gasteiger partial charge in [-0.3, -0.25) is 9.59 Å². The van der Waals surface area contributed by atoms with Gasteiger partial charge in [0.25, 0.3) is 5.91 Å². The Balaban J connectivity index is 2.23. The van der Waals surface area contributed by atoms with Crippen LogP contribution < -0.4 is 5.32 Å². The summed E-state index contributed by atoms with van der Waals surface area (Å²) in [7, 11) is 1.45. The molecule has 0 aliphatic rings. The minimum absolute atomic E-state index is 0.0809. The quantitative estimate of drug-likeness (QED) is 0.778. The summed E-state index contributed by atoms with van der Waals surface area (Å²) in [5.74, 6) is -0.975. The van der Waals surface area contributed by atoms with E-state index in [4.69, 9.17) is 9.84 Å². The van der Waals surface area contributed by atoms with Gasteiger partial charge in [0, 0.05) is 19.5 Å². The number of aromatic nitrogens is 3. The monoisotopic (exact) mass is 350 g/mol. The molecule has 0 fully saturated rings. The molecular formula is C15H18N4O4S. The summed E-state index contributed by atoms with van der Waals surface area (Å²) in [4.78, 5) is 36.5. The number of carbonyl (C=O) groups excluding carboxylic acids is 1. The first-order valence-electron chi connectivity index (χ1n) is 7.13. The van der Waals surface area contributed by atoms with Gasteiger partial charge in [-0.15, -0.1) is 11.3 Å². The molecule has 0 saturated carbocycles. The molecule has 0 spiro atoms. The number of aliphatic carboxylic acids is 1.